The predicted octanol–water partition coefficient (Wildman–Crippen LogP) is 3.70. The first kappa shape index (κ1) is 13.7. The summed E-state index contributed by atoms with van der Waals surface area (Å²) in [6, 6.07) is 8.26. The molecule has 1 aromatic heterocycles. The largest absolute Gasteiger partial charge is 0.383 e. The maximum atomic E-state index is 7.71. The molecule has 0 unspecified atom stereocenters. The fourth-order valence-corrected chi connectivity index (χ4v) is 2.97. The second kappa shape index (κ2) is 4.78. The van der Waals surface area contributed by atoms with E-state index in [9.17, 15) is 0 Å². The lowest BCUT2D eigenvalue weighted by Crippen LogP contribution is -2.19. The third-order valence-electron chi connectivity index (χ3n) is 2.88. The highest BCUT2D eigenvalue weighted by atomic mass is 32.1. The van der Waals surface area contributed by atoms with Crippen LogP contribution in [0.5, 0.6) is 0 Å². The summed E-state index contributed by atoms with van der Waals surface area (Å²) in [6.07, 6.45) is 0. The van der Waals surface area contributed by atoms with Gasteiger partial charge in [-0.2, -0.15) is 0 Å². The fraction of sp³-hybridized carbons (Fsp3) is 0.333. The summed E-state index contributed by atoms with van der Waals surface area (Å²) in [6.45, 7) is 8.33. The van der Waals surface area contributed by atoms with Crippen LogP contribution in [0.25, 0.3) is 10.6 Å². The molecule has 0 amide bonds. The van der Waals surface area contributed by atoms with Crippen molar-refractivity contribution >= 4 is 17.2 Å². The van der Waals surface area contributed by atoms with Crippen LogP contribution in [0.3, 0.4) is 0 Å². The van der Waals surface area contributed by atoms with Crippen LogP contribution in [-0.4, -0.2) is 10.8 Å². The second-order valence-electron chi connectivity index (χ2n) is 5.73. The molecule has 0 aliphatic heterocycles. The number of nitrogens with zero attached hydrogens (tertiary/aromatic N) is 1. The number of nitrogen functional groups attached to an aromatic ring is 1. The number of aromatic nitrogens is 1. The van der Waals surface area contributed by atoms with E-state index in [0.717, 1.165) is 21.1 Å². The van der Waals surface area contributed by atoms with E-state index in [1.165, 1.54) is 16.9 Å². The fourth-order valence-electron chi connectivity index (χ4n) is 1.83. The highest BCUT2D eigenvalue weighted by Gasteiger charge is 2.25. The van der Waals surface area contributed by atoms with Gasteiger partial charge in [-0.25, -0.2) is 4.98 Å². The van der Waals surface area contributed by atoms with Gasteiger partial charge >= 0.3 is 0 Å². The van der Waals surface area contributed by atoms with Crippen LogP contribution in [-0.2, 0) is 5.41 Å². The summed E-state index contributed by atoms with van der Waals surface area (Å²) in [4.78, 5) is 5.48. The molecule has 0 atom stereocenters. The number of nitrogens with one attached hydrogen (secondary N) is 1. The molecule has 0 radical (unpaired) electrons. The number of rotatable bonds is 2. The van der Waals surface area contributed by atoms with Gasteiger partial charge in [0.1, 0.15) is 10.8 Å². The van der Waals surface area contributed by atoms with Crippen molar-refractivity contribution < 1.29 is 0 Å². The topological polar surface area (TPSA) is 62.8 Å². The van der Waals surface area contributed by atoms with Crippen molar-refractivity contribution in [2.24, 2.45) is 5.73 Å². The molecule has 100 valence electrons. The third kappa shape index (κ3) is 2.84. The summed E-state index contributed by atoms with van der Waals surface area (Å²) in [7, 11) is 0. The molecular weight excluding hydrogens is 254 g/mol. The quantitative estimate of drug-likeness (QED) is 0.647. The smallest absolute Gasteiger partial charge is 0.135 e. The van der Waals surface area contributed by atoms with Crippen LogP contribution in [0.1, 0.15) is 36.9 Å². The zero-order valence-corrected chi connectivity index (χ0v) is 12.6. The van der Waals surface area contributed by atoms with Gasteiger partial charge in [0.05, 0.1) is 10.6 Å². The Bertz CT molecular complexity index is 603. The maximum Gasteiger partial charge on any atom is 0.135 e. The summed E-state index contributed by atoms with van der Waals surface area (Å²) < 4.78 is 0. The summed E-state index contributed by atoms with van der Waals surface area (Å²) in [5, 5.41) is 8.64. The van der Waals surface area contributed by atoms with E-state index in [0.29, 0.717) is 0 Å². The molecule has 0 bridgehead atoms. The molecule has 0 spiro atoms. The van der Waals surface area contributed by atoms with Gasteiger partial charge in [0, 0.05) is 11.0 Å². The van der Waals surface area contributed by atoms with Crippen LogP contribution < -0.4 is 5.73 Å². The molecule has 4 heteroatoms. The van der Waals surface area contributed by atoms with Crippen molar-refractivity contribution in [2.75, 3.05) is 0 Å². The first-order valence-corrected chi connectivity index (χ1v) is 7.03. The number of amidine groups is 1. The molecule has 2 rings (SSSR count). The molecule has 3 N–H and O–H groups in total. The van der Waals surface area contributed by atoms with Gasteiger partial charge in [-0.3, -0.25) is 5.41 Å². The molecule has 19 heavy (non-hydrogen) atoms. The van der Waals surface area contributed by atoms with Crippen molar-refractivity contribution in [1.29, 1.82) is 5.41 Å². The summed E-state index contributed by atoms with van der Waals surface area (Å²) >= 11 is 1.49. The van der Waals surface area contributed by atoms with Gasteiger partial charge in [0.25, 0.3) is 0 Å². The number of thiazole rings is 1. The number of hydrogen-bond donors (Lipinski definition) is 2. The Hall–Kier alpha value is -1.68. The first-order chi connectivity index (χ1) is 8.79. The van der Waals surface area contributed by atoms with Crippen molar-refractivity contribution in [3.63, 3.8) is 0 Å². The molecular formula is C15H19N3S. The Morgan fingerprint density at radius 1 is 1.21 bits per heavy atom. The normalized spacial score (nSPS) is 11.6. The lowest BCUT2D eigenvalue weighted by atomic mass is 9.91. The number of nitrogens with two attached hydrogens (primary N) is 1. The van der Waals surface area contributed by atoms with E-state index < -0.39 is 0 Å². The molecule has 0 aliphatic rings. The Kier molecular flexibility index (Phi) is 3.45. The Morgan fingerprint density at radius 2 is 1.79 bits per heavy atom. The maximum absolute atomic E-state index is 7.71. The summed E-state index contributed by atoms with van der Waals surface area (Å²) in [5.74, 6) is 0.0980. The predicted molar refractivity (Wildman–Crippen MR) is 82.0 cm³/mol. The van der Waals surface area contributed by atoms with E-state index in [1.54, 1.807) is 0 Å². The Labute approximate surface area is 118 Å². The third-order valence-corrected chi connectivity index (χ3v) is 4.02. The van der Waals surface area contributed by atoms with E-state index in [-0.39, 0.29) is 11.3 Å². The van der Waals surface area contributed by atoms with Crippen LogP contribution >= 0.6 is 11.3 Å². The molecule has 2 aromatic rings. The van der Waals surface area contributed by atoms with Gasteiger partial charge < -0.3 is 5.73 Å². The monoisotopic (exact) mass is 273 g/mol. The molecule has 1 heterocycles. The molecule has 0 aliphatic carbocycles. The van der Waals surface area contributed by atoms with E-state index in [2.05, 4.69) is 52.0 Å². The second-order valence-corrected chi connectivity index (χ2v) is 6.73. The number of benzene rings is 1. The van der Waals surface area contributed by atoms with Gasteiger partial charge in [-0.05, 0) is 6.92 Å². The molecule has 1 aromatic carbocycles. The van der Waals surface area contributed by atoms with Crippen molar-refractivity contribution in [2.45, 2.75) is 33.1 Å². The average molecular weight is 273 g/mol. The van der Waals surface area contributed by atoms with Crippen molar-refractivity contribution in [3.8, 4) is 10.6 Å². The molecule has 3 nitrogen and oxygen atoms in total. The van der Waals surface area contributed by atoms with Crippen LogP contribution in [0, 0.1) is 12.3 Å². The Morgan fingerprint density at radius 3 is 2.21 bits per heavy atom. The number of aryl methyl sites for hydroxylation is 1. The van der Waals surface area contributed by atoms with Crippen LogP contribution in [0.4, 0.5) is 0 Å². The van der Waals surface area contributed by atoms with Crippen LogP contribution in [0.2, 0.25) is 0 Å². The molecule has 0 saturated carbocycles. The van der Waals surface area contributed by atoms with E-state index in [1.807, 2.05) is 0 Å². The minimum atomic E-state index is -0.111. The SMILES string of the molecule is Cc1ccc(-c2nc(C(C)(C)C)c(C(=N)N)s2)cc1. The first-order valence-electron chi connectivity index (χ1n) is 6.22. The minimum absolute atomic E-state index is 0.0980. The zero-order chi connectivity index (χ0) is 14.2. The van der Waals surface area contributed by atoms with Crippen LogP contribution in [0.15, 0.2) is 24.3 Å². The zero-order valence-electron chi connectivity index (χ0n) is 11.7. The number of hydrogen-bond acceptors (Lipinski definition) is 3. The highest BCUT2D eigenvalue weighted by molar-refractivity contribution is 7.17. The summed E-state index contributed by atoms with van der Waals surface area (Å²) in [5.41, 5.74) is 8.78. The Balaban J connectivity index is 2.55. The van der Waals surface area contributed by atoms with Crippen molar-refractivity contribution in [1.82, 2.24) is 4.98 Å². The molecule has 0 saturated heterocycles. The highest BCUT2D eigenvalue weighted by Crippen LogP contribution is 2.34. The lowest BCUT2D eigenvalue weighted by molar-refractivity contribution is 0.572. The van der Waals surface area contributed by atoms with E-state index in [4.69, 9.17) is 16.1 Å². The van der Waals surface area contributed by atoms with Gasteiger partial charge in [0.15, 0.2) is 0 Å². The molecule has 0 fully saturated rings. The lowest BCUT2D eigenvalue weighted by Gasteiger charge is -2.16. The minimum Gasteiger partial charge on any atom is -0.383 e. The van der Waals surface area contributed by atoms with Gasteiger partial charge in [0.2, 0.25) is 0 Å². The average Bonchev–Trinajstić information content (AvgIpc) is 2.74. The van der Waals surface area contributed by atoms with Gasteiger partial charge in [-0.15, -0.1) is 11.3 Å². The standard InChI is InChI=1S/C15H19N3S/c1-9-5-7-10(8-6-9)14-18-12(15(2,3)4)11(19-14)13(16)17/h5-8H,1-4H3,(H3,16,17). The van der Waals surface area contributed by atoms with Gasteiger partial charge in [-0.1, -0.05) is 50.6 Å². The van der Waals surface area contributed by atoms with Crippen molar-refractivity contribution in [3.05, 3.63) is 40.4 Å². The van der Waals surface area contributed by atoms with E-state index >= 15 is 0 Å².